The lowest BCUT2D eigenvalue weighted by Crippen LogP contribution is -2.30. The SMILES string of the molecule is O=C(c1ccc(Cn2nnc3ccccc32)cc1)N1CCC[C@@H]1c1ccc2c(c1)OCCO2. The lowest BCUT2D eigenvalue weighted by molar-refractivity contribution is 0.0735. The Morgan fingerprint density at radius 3 is 2.67 bits per heavy atom. The van der Waals surface area contributed by atoms with Crippen molar-refractivity contribution in [2.75, 3.05) is 19.8 Å². The third-order valence-corrected chi connectivity index (χ3v) is 6.42. The van der Waals surface area contributed by atoms with Crippen molar-refractivity contribution in [3.8, 4) is 11.5 Å². The molecule has 7 heteroatoms. The predicted molar refractivity (Wildman–Crippen MR) is 124 cm³/mol. The van der Waals surface area contributed by atoms with Crippen LogP contribution in [0.2, 0.25) is 0 Å². The number of carbonyl (C=O) groups is 1. The van der Waals surface area contributed by atoms with E-state index in [2.05, 4.69) is 16.4 Å². The highest BCUT2D eigenvalue weighted by atomic mass is 16.6. The Balaban J connectivity index is 1.20. The molecule has 0 saturated carbocycles. The molecule has 166 valence electrons. The molecule has 1 atom stereocenters. The summed E-state index contributed by atoms with van der Waals surface area (Å²) < 4.78 is 13.3. The summed E-state index contributed by atoms with van der Waals surface area (Å²) in [7, 11) is 0. The molecule has 1 aromatic heterocycles. The number of ether oxygens (including phenoxy) is 2. The number of nitrogens with zero attached hydrogens (tertiary/aromatic N) is 4. The van der Waals surface area contributed by atoms with Gasteiger partial charge >= 0.3 is 0 Å². The molecule has 3 heterocycles. The van der Waals surface area contributed by atoms with Gasteiger partial charge in [-0.05, 0) is 60.4 Å². The van der Waals surface area contributed by atoms with Gasteiger partial charge in [-0.1, -0.05) is 35.5 Å². The Kier molecular flexibility index (Phi) is 4.94. The second-order valence-corrected chi connectivity index (χ2v) is 8.49. The quantitative estimate of drug-likeness (QED) is 0.475. The van der Waals surface area contributed by atoms with Gasteiger partial charge in [0.25, 0.3) is 5.91 Å². The molecule has 7 nitrogen and oxygen atoms in total. The van der Waals surface area contributed by atoms with Crippen molar-refractivity contribution in [1.82, 2.24) is 19.9 Å². The number of para-hydroxylation sites is 1. The van der Waals surface area contributed by atoms with E-state index in [9.17, 15) is 4.79 Å². The molecule has 0 aliphatic carbocycles. The molecule has 33 heavy (non-hydrogen) atoms. The molecule has 1 fully saturated rings. The summed E-state index contributed by atoms with van der Waals surface area (Å²) >= 11 is 0. The van der Waals surface area contributed by atoms with Gasteiger partial charge in [0, 0.05) is 12.1 Å². The summed E-state index contributed by atoms with van der Waals surface area (Å²) in [5.41, 5.74) is 4.75. The van der Waals surface area contributed by atoms with Crippen molar-refractivity contribution in [3.05, 3.63) is 83.4 Å². The maximum absolute atomic E-state index is 13.4. The van der Waals surface area contributed by atoms with Gasteiger partial charge < -0.3 is 14.4 Å². The number of fused-ring (bicyclic) bond motifs is 2. The summed E-state index contributed by atoms with van der Waals surface area (Å²) in [5.74, 6) is 1.60. The number of benzene rings is 3. The topological polar surface area (TPSA) is 69.5 Å². The fraction of sp³-hybridized carbons (Fsp3) is 0.269. The van der Waals surface area contributed by atoms with Crippen LogP contribution in [0.5, 0.6) is 11.5 Å². The molecule has 0 radical (unpaired) electrons. The molecule has 1 amide bonds. The van der Waals surface area contributed by atoms with Crippen LogP contribution in [0.3, 0.4) is 0 Å². The summed E-state index contributed by atoms with van der Waals surface area (Å²) in [6.45, 7) is 2.49. The largest absolute Gasteiger partial charge is 0.486 e. The van der Waals surface area contributed by atoms with Gasteiger partial charge in [0.1, 0.15) is 18.7 Å². The van der Waals surface area contributed by atoms with Crippen LogP contribution in [-0.2, 0) is 6.54 Å². The molecular formula is C26H24N4O3. The van der Waals surface area contributed by atoms with Crippen LogP contribution in [-0.4, -0.2) is 45.6 Å². The van der Waals surface area contributed by atoms with Gasteiger partial charge in [-0.2, -0.15) is 0 Å². The first kappa shape index (κ1) is 19.8. The molecule has 0 unspecified atom stereocenters. The summed E-state index contributed by atoms with van der Waals surface area (Å²) in [6.07, 6.45) is 1.94. The van der Waals surface area contributed by atoms with E-state index < -0.39 is 0 Å². The minimum atomic E-state index is 0.0505. The first-order valence-electron chi connectivity index (χ1n) is 11.3. The number of amides is 1. The molecule has 3 aromatic carbocycles. The fourth-order valence-electron chi connectivity index (χ4n) is 4.75. The lowest BCUT2D eigenvalue weighted by atomic mass is 10.0. The molecular weight excluding hydrogens is 416 g/mol. The standard InChI is InChI=1S/C26H24N4O3/c31-26(29-13-3-6-22(29)20-11-12-24-25(16-20)33-15-14-32-24)19-9-7-18(8-10-19)17-30-23-5-2-1-4-21(23)27-28-30/h1-2,4-5,7-12,16,22H,3,6,13-15,17H2/t22-/m1/s1. The van der Waals surface area contributed by atoms with Crippen molar-refractivity contribution in [2.24, 2.45) is 0 Å². The van der Waals surface area contributed by atoms with Crippen molar-refractivity contribution in [3.63, 3.8) is 0 Å². The van der Waals surface area contributed by atoms with E-state index in [1.807, 2.05) is 70.2 Å². The summed E-state index contributed by atoms with van der Waals surface area (Å²) in [4.78, 5) is 15.3. The first-order chi connectivity index (χ1) is 16.3. The van der Waals surface area contributed by atoms with Crippen LogP contribution in [0.15, 0.2) is 66.7 Å². The minimum Gasteiger partial charge on any atom is -0.486 e. The average Bonchev–Trinajstić information content (AvgIpc) is 3.52. The highest BCUT2D eigenvalue weighted by Gasteiger charge is 2.31. The van der Waals surface area contributed by atoms with Crippen LogP contribution < -0.4 is 9.47 Å². The number of likely N-dealkylation sites (tertiary alicyclic amines) is 1. The smallest absolute Gasteiger partial charge is 0.254 e. The Morgan fingerprint density at radius 2 is 1.79 bits per heavy atom. The van der Waals surface area contributed by atoms with Crippen molar-refractivity contribution < 1.29 is 14.3 Å². The van der Waals surface area contributed by atoms with Crippen LogP contribution in [0.4, 0.5) is 0 Å². The van der Waals surface area contributed by atoms with Crippen LogP contribution in [0, 0.1) is 0 Å². The zero-order valence-electron chi connectivity index (χ0n) is 18.2. The second kappa shape index (κ2) is 8.24. The summed E-state index contributed by atoms with van der Waals surface area (Å²) in [6, 6.07) is 21.8. The third kappa shape index (κ3) is 3.69. The third-order valence-electron chi connectivity index (χ3n) is 6.42. The van der Waals surface area contributed by atoms with Gasteiger partial charge in [-0.15, -0.1) is 5.10 Å². The second-order valence-electron chi connectivity index (χ2n) is 8.49. The monoisotopic (exact) mass is 440 g/mol. The number of hydrogen-bond acceptors (Lipinski definition) is 5. The lowest BCUT2D eigenvalue weighted by Gasteiger charge is -2.27. The van der Waals surface area contributed by atoms with Crippen LogP contribution >= 0.6 is 0 Å². The highest BCUT2D eigenvalue weighted by Crippen LogP contribution is 2.38. The maximum Gasteiger partial charge on any atom is 0.254 e. The number of hydrogen-bond donors (Lipinski definition) is 0. The highest BCUT2D eigenvalue weighted by molar-refractivity contribution is 5.94. The van der Waals surface area contributed by atoms with E-state index >= 15 is 0 Å². The van der Waals surface area contributed by atoms with Gasteiger partial charge in [0.05, 0.1) is 18.1 Å². The molecule has 4 aromatic rings. The van der Waals surface area contributed by atoms with Crippen molar-refractivity contribution >= 4 is 16.9 Å². The normalized spacial score (nSPS) is 17.5. The molecule has 0 N–H and O–H groups in total. The minimum absolute atomic E-state index is 0.0505. The van der Waals surface area contributed by atoms with Crippen molar-refractivity contribution in [2.45, 2.75) is 25.4 Å². The van der Waals surface area contributed by atoms with E-state index in [4.69, 9.17) is 9.47 Å². The van der Waals surface area contributed by atoms with Crippen LogP contribution in [0.25, 0.3) is 11.0 Å². The van der Waals surface area contributed by atoms with Gasteiger partial charge in [-0.25, -0.2) is 4.68 Å². The Hall–Kier alpha value is -3.87. The summed E-state index contributed by atoms with van der Waals surface area (Å²) in [5, 5.41) is 8.47. The predicted octanol–water partition coefficient (Wildman–Crippen LogP) is 4.23. The first-order valence-corrected chi connectivity index (χ1v) is 11.3. The van der Waals surface area contributed by atoms with Gasteiger partial charge in [0.15, 0.2) is 11.5 Å². The average molecular weight is 441 g/mol. The molecule has 6 rings (SSSR count). The van der Waals surface area contributed by atoms with E-state index in [-0.39, 0.29) is 11.9 Å². The molecule has 1 saturated heterocycles. The van der Waals surface area contributed by atoms with E-state index in [1.54, 1.807) is 0 Å². The van der Waals surface area contributed by atoms with E-state index in [0.29, 0.717) is 25.3 Å². The molecule has 0 spiro atoms. The Labute approximate surface area is 191 Å². The van der Waals surface area contributed by atoms with Gasteiger partial charge in [0.2, 0.25) is 0 Å². The Bertz CT molecular complexity index is 1310. The van der Waals surface area contributed by atoms with E-state index in [0.717, 1.165) is 53.0 Å². The zero-order chi connectivity index (χ0) is 22.2. The Morgan fingerprint density at radius 1 is 0.970 bits per heavy atom. The fourth-order valence-corrected chi connectivity index (χ4v) is 4.75. The maximum atomic E-state index is 13.4. The van der Waals surface area contributed by atoms with Crippen molar-refractivity contribution in [1.29, 1.82) is 0 Å². The molecule has 2 aliphatic heterocycles. The number of aromatic nitrogens is 3. The molecule has 2 aliphatic rings. The molecule has 0 bridgehead atoms. The number of carbonyl (C=O) groups excluding carboxylic acids is 1. The van der Waals surface area contributed by atoms with Crippen LogP contribution in [0.1, 0.15) is 40.4 Å². The van der Waals surface area contributed by atoms with E-state index in [1.165, 1.54) is 0 Å². The number of rotatable bonds is 4. The van der Waals surface area contributed by atoms with Gasteiger partial charge in [-0.3, -0.25) is 4.79 Å². The zero-order valence-corrected chi connectivity index (χ0v) is 18.2.